The average molecular weight is 385 g/mol. The zero-order valence-electron chi connectivity index (χ0n) is 13.5. The lowest BCUT2D eigenvalue weighted by molar-refractivity contribution is 0.0928. The zero-order chi connectivity index (χ0) is 16.5. The molecule has 0 fully saturated rings. The summed E-state index contributed by atoms with van der Waals surface area (Å²) in [6.45, 7) is 3.29. The molecule has 1 aromatic heterocycles. The van der Waals surface area contributed by atoms with Gasteiger partial charge in [0, 0.05) is 42.4 Å². The second kappa shape index (κ2) is 6.71. The van der Waals surface area contributed by atoms with Crippen LogP contribution >= 0.6 is 15.9 Å². The van der Waals surface area contributed by atoms with E-state index in [1.165, 1.54) is 16.5 Å². The minimum atomic E-state index is -0.371. The van der Waals surface area contributed by atoms with Gasteiger partial charge in [-0.2, -0.15) is 0 Å². The summed E-state index contributed by atoms with van der Waals surface area (Å²) in [5.41, 5.74) is 4.00. The number of rotatable bonds is 4. The van der Waals surface area contributed by atoms with E-state index in [1.54, 1.807) is 0 Å². The van der Waals surface area contributed by atoms with Crippen molar-refractivity contribution in [2.24, 2.45) is 0 Å². The fourth-order valence-electron chi connectivity index (χ4n) is 3.61. The molecule has 24 heavy (non-hydrogen) atoms. The molecular formula is C20H21BrN2O. The summed E-state index contributed by atoms with van der Waals surface area (Å²) in [5, 5.41) is 11.8. The largest absolute Gasteiger partial charge is 0.390 e. The van der Waals surface area contributed by atoms with E-state index in [0.717, 1.165) is 29.5 Å². The molecule has 1 aliphatic heterocycles. The first-order chi connectivity index (χ1) is 11.7. The molecule has 0 spiro atoms. The van der Waals surface area contributed by atoms with E-state index in [4.69, 9.17) is 0 Å². The maximum Gasteiger partial charge on any atom is 0.0845 e. The number of aliphatic hydroxyl groups is 1. The van der Waals surface area contributed by atoms with Gasteiger partial charge in [-0.15, -0.1) is 0 Å². The average Bonchev–Trinajstić information content (AvgIpc) is 2.97. The van der Waals surface area contributed by atoms with Crippen LogP contribution in [0.3, 0.4) is 0 Å². The van der Waals surface area contributed by atoms with Gasteiger partial charge in [-0.3, -0.25) is 4.90 Å². The predicted molar refractivity (Wildman–Crippen MR) is 101 cm³/mol. The van der Waals surface area contributed by atoms with Crippen LogP contribution in [0.15, 0.2) is 59.2 Å². The Morgan fingerprint density at radius 1 is 1.04 bits per heavy atom. The van der Waals surface area contributed by atoms with Crippen LogP contribution < -0.4 is 0 Å². The highest BCUT2D eigenvalue weighted by atomic mass is 79.9. The van der Waals surface area contributed by atoms with Gasteiger partial charge < -0.3 is 9.67 Å². The van der Waals surface area contributed by atoms with Gasteiger partial charge in [0.15, 0.2) is 0 Å². The van der Waals surface area contributed by atoms with Crippen LogP contribution in [-0.2, 0) is 19.5 Å². The van der Waals surface area contributed by atoms with E-state index in [9.17, 15) is 5.11 Å². The Morgan fingerprint density at radius 3 is 2.75 bits per heavy atom. The lowest BCUT2D eigenvalue weighted by Crippen LogP contribution is -2.38. The van der Waals surface area contributed by atoms with Gasteiger partial charge in [-0.05, 0) is 41.1 Å². The van der Waals surface area contributed by atoms with Crippen LogP contribution in [0.5, 0.6) is 0 Å². The highest BCUT2D eigenvalue weighted by Crippen LogP contribution is 2.22. The third-order valence-electron chi connectivity index (χ3n) is 4.82. The first-order valence-corrected chi connectivity index (χ1v) is 9.20. The third-order valence-corrected chi connectivity index (χ3v) is 5.32. The number of benzene rings is 2. The van der Waals surface area contributed by atoms with E-state index in [2.05, 4.69) is 74.1 Å². The molecule has 124 valence electrons. The normalized spacial score (nSPS) is 16.2. The number of aliphatic hydroxyl groups excluding tert-OH is 1. The van der Waals surface area contributed by atoms with Crippen molar-refractivity contribution in [1.29, 1.82) is 0 Å². The molecule has 4 rings (SSSR count). The molecule has 1 aliphatic rings. The third kappa shape index (κ3) is 3.27. The number of halogens is 1. The minimum Gasteiger partial charge on any atom is -0.390 e. The molecule has 0 saturated heterocycles. The van der Waals surface area contributed by atoms with Crippen LogP contribution in [-0.4, -0.2) is 33.8 Å². The maximum absolute atomic E-state index is 10.6. The topological polar surface area (TPSA) is 28.4 Å². The predicted octanol–water partition coefficient (Wildman–Crippen LogP) is 3.82. The van der Waals surface area contributed by atoms with Gasteiger partial charge in [0.05, 0.1) is 6.10 Å². The van der Waals surface area contributed by atoms with Gasteiger partial charge >= 0.3 is 0 Å². The fourth-order valence-corrected chi connectivity index (χ4v) is 3.96. The Balaban J connectivity index is 1.43. The number of hydrogen-bond donors (Lipinski definition) is 1. The van der Waals surface area contributed by atoms with Crippen molar-refractivity contribution in [2.75, 3.05) is 13.1 Å². The standard InChI is InChI=1S/C20H21BrN2O/c21-18-6-5-16-8-10-23(20(16)11-18)14-19(24)13-22-9-7-15-3-1-2-4-17(15)12-22/h1-6,8,10-11,19,24H,7,9,12-14H2/t19-/m1/s1. The first-order valence-electron chi connectivity index (χ1n) is 8.40. The van der Waals surface area contributed by atoms with Crippen LogP contribution in [0.2, 0.25) is 0 Å². The van der Waals surface area contributed by atoms with E-state index in [-0.39, 0.29) is 6.10 Å². The smallest absolute Gasteiger partial charge is 0.0845 e. The zero-order valence-corrected chi connectivity index (χ0v) is 15.1. The van der Waals surface area contributed by atoms with Gasteiger partial charge in [0.25, 0.3) is 0 Å². The molecule has 1 atom stereocenters. The SMILES string of the molecule is O[C@H](CN1CCc2ccccc2C1)Cn1ccc2ccc(Br)cc21. The number of nitrogens with zero attached hydrogens (tertiary/aromatic N) is 2. The Morgan fingerprint density at radius 2 is 1.88 bits per heavy atom. The van der Waals surface area contributed by atoms with Crippen molar-refractivity contribution >= 4 is 26.8 Å². The van der Waals surface area contributed by atoms with E-state index in [1.807, 2.05) is 6.07 Å². The number of β-amino-alcohol motifs (C(OH)–C–C–N with tert-alkyl or cyclic N) is 1. The number of fused-ring (bicyclic) bond motifs is 2. The lowest BCUT2D eigenvalue weighted by atomic mass is 10.00. The maximum atomic E-state index is 10.6. The van der Waals surface area contributed by atoms with Crippen molar-refractivity contribution in [2.45, 2.75) is 25.6 Å². The van der Waals surface area contributed by atoms with Crippen molar-refractivity contribution in [3.05, 3.63) is 70.3 Å². The Labute approximate surface area is 150 Å². The lowest BCUT2D eigenvalue weighted by Gasteiger charge is -2.30. The summed E-state index contributed by atoms with van der Waals surface area (Å²) in [5.74, 6) is 0. The number of aromatic nitrogens is 1. The Hall–Kier alpha value is -1.62. The fraction of sp³-hybridized carbons (Fsp3) is 0.300. The van der Waals surface area contributed by atoms with Gasteiger partial charge in [-0.1, -0.05) is 46.3 Å². The highest BCUT2D eigenvalue weighted by molar-refractivity contribution is 9.10. The molecule has 2 heterocycles. The highest BCUT2D eigenvalue weighted by Gasteiger charge is 2.18. The van der Waals surface area contributed by atoms with Crippen molar-refractivity contribution in [3.63, 3.8) is 0 Å². The summed E-state index contributed by atoms with van der Waals surface area (Å²) in [6, 6.07) is 17.0. The van der Waals surface area contributed by atoms with Gasteiger partial charge in [0.1, 0.15) is 0 Å². The van der Waals surface area contributed by atoms with E-state index < -0.39 is 0 Å². The van der Waals surface area contributed by atoms with E-state index >= 15 is 0 Å². The summed E-state index contributed by atoms with van der Waals surface area (Å²) >= 11 is 3.53. The summed E-state index contributed by atoms with van der Waals surface area (Å²) in [7, 11) is 0. The Kier molecular flexibility index (Phi) is 4.44. The quantitative estimate of drug-likeness (QED) is 0.740. The first kappa shape index (κ1) is 15.9. The molecule has 0 aliphatic carbocycles. The van der Waals surface area contributed by atoms with Gasteiger partial charge in [0.2, 0.25) is 0 Å². The molecule has 2 aromatic carbocycles. The van der Waals surface area contributed by atoms with Crippen molar-refractivity contribution in [1.82, 2.24) is 9.47 Å². The molecular weight excluding hydrogens is 364 g/mol. The van der Waals surface area contributed by atoms with Crippen molar-refractivity contribution in [3.8, 4) is 0 Å². The van der Waals surface area contributed by atoms with Gasteiger partial charge in [-0.25, -0.2) is 0 Å². The molecule has 4 heteroatoms. The molecule has 0 radical (unpaired) electrons. The molecule has 3 aromatic rings. The second-order valence-corrected chi connectivity index (χ2v) is 7.49. The molecule has 0 bridgehead atoms. The molecule has 1 N–H and O–H groups in total. The van der Waals surface area contributed by atoms with Crippen LogP contribution in [0, 0.1) is 0 Å². The summed E-state index contributed by atoms with van der Waals surface area (Å²) < 4.78 is 3.21. The van der Waals surface area contributed by atoms with E-state index in [0.29, 0.717) is 13.1 Å². The van der Waals surface area contributed by atoms with Crippen molar-refractivity contribution < 1.29 is 5.11 Å². The summed E-state index contributed by atoms with van der Waals surface area (Å²) in [6.07, 6.45) is 2.76. The summed E-state index contributed by atoms with van der Waals surface area (Å²) in [4.78, 5) is 2.36. The number of hydrogen-bond acceptors (Lipinski definition) is 2. The van der Waals surface area contributed by atoms with Crippen LogP contribution in [0.4, 0.5) is 0 Å². The van der Waals surface area contributed by atoms with Crippen LogP contribution in [0.25, 0.3) is 10.9 Å². The molecule has 0 saturated carbocycles. The molecule has 0 amide bonds. The second-order valence-electron chi connectivity index (χ2n) is 6.58. The monoisotopic (exact) mass is 384 g/mol. The Bertz CT molecular complexity index is 858. The molecule has 0 unspecified atom stereocenters. The van der Waals surface area contributed by atoms with Crippen LogP contribution in [0.1, 0.15) is 11.1 Å². The minimum absolute atomic E-state index is 0.371. The molecule has 3 nitrogen and oxygen atoms in total.